The van der Waals surface area contributed by atoms with E-state index in [1.807, 2.05) is 0 Å². The number of piperidine rings is 1. The summed E-state index contributed by atoms with van der Waals surface area (Å²) in [6.07, 6.45) is 3.95. The zero-order valence-corrected chi connectivity index (χ0v) is 21.2. The maximum atomic E-state index is 14.8. The Hall–Kier alpha value is -3.52. The topological polar surface area (TPSA) is 118 Å². The van der Waals surface area contributed by atoms with Crippen LogP contribution in [-0.2, 0) is 10.0 Å². The van der Waals surface area contributed by atoms with Gasteiger partial charge in [-0.05, 0) is 56.6 Å². The highest BCUT2D eigenvalue weighted by Gasteiger charge is 2.26. The lowest BCUT2D eigenvalue weighted by molar-refractivity contribution is 0.0189. The van der Waals surface area contributed by atoms with Gasteiger partial charge in [-0.3, -0.25) is 4.72 Å². The molecule has 2 aromatic heterocycles. The first kappa shape index (κ1) is 27.5. The van der Waals surface area contributed by atoms with Crippen LogP contribution < -0.4 is 20.1 Å². The Bertz CT molecular complexity index is 1380. The fourth-order valence-electron chi connectivity index (χ4n) is 3.73. The zero-order valence-electron chi connectivity index (χ0n) is 20.3. The summed E-state index contributed by atoms with van der Waals surface area (Å²) >= 11 is 0. The molecule has 0 unspecified atom stereocenters. The number of ether oxygens (including phenoxy) is 1. The molecule has 1 aromatic carbocycles. The molecule has 0 aliphatic carbocycles. The molecule has 1 fully saturated rings. The van der Waals surface area contributed by atoms with Gasteiger partial charge in [-0.2, -0.15) is 4.39 Å². The third kappa shape index (κ3) is 7.28. The van der Waals surface area contributed by atoms with E-state index in [1.54, 1.807) is 29.1 Å². The molecule has 14 heteroatoms. The fourth-order valence-corrected chi connectivity index (χ4v) is 4.95. The summed E-state index contributed by atoms with van der Waals surface area (Å²) in [6, 6.07) is 6.97. The second-order valence-electron chi connectivity index (χ2n) is 8.89. The molecule has 0 amide bonds. The van der Waals surface area contributed by atoms with E-state index in [-0.39, 0.29) is 11.9 Å². The minimum atomic E-state index is -4.35. The molecule has 4 rings (SSSR count). The average molecular weight is 555 g/mol. The Morgan fingerprint density at radius 1 is 1.13 bits per heavy atom. The fraction of sp³-hybridized carbons (Fsp3) is 0.375. The SMILES string of the molecule is CC(F)(F)CCS(=O)(=O)Nc1ccc(Oc2ncccc2-c2ccnc(N[C@H]3CCCNC3)n2)c(F)c1F. The number of alkyl halides is 2. The number of rotatable bonds is 10. The van der Waals surface area contributed by atoms with Crippen LogP contribution in [0.5, 0.6) is 11.6 Å². The van der Waals surface area contributed by atoms with Crippen LogP contribution >= 0.6 is 0 Å². The van der Waals surface area contributed by atoms with Gasteiger partial charge >= 0.3 is 0 Å². The lowest BCUT2D eigenvalue weighted by Gasteiger charge is -2.23. The number of halogens is 4. The van der Waals surface area contributed by atoms with E-state index < -0.39 is 51.2 Å². The van der Waals surface area contributed by atoms with Crippen molar-refractivity contribution in [1.29, 1.82) is 0 Å². The largest absolute Gasteiger partial charge is 0.435 e. The first-order valence-corrected chi connectivity index (χ1v) is 13.5. The molecule has 1 atom stereocenters. The van der Waals surface area contributed by atoms with Crippen molar-refractivity contribution in [2.75, 3.05) is 28.9 Å². The molecule has 0 bridgehead atoms. The Balaban J connectivity index is 1.53. The Kier molecular flexibility index (Phi) is 8.31. The molecule has 3 aromatic rings. The molecule has 3 N–H and O–H groups in total. The van der Waals surface area contributed by atoms with Crippen molar-refractivity contribution in [3.8, 4) is 22.9 Å². The normalized spacial score (nSPS) is 16.2. The maximum Gasteiger partial charge on any atom is 0.246 e. The molecular weight excluding hydrogens is 528 g/mol. The van der Waals surface area contributed by atoms with E-state index in [0.29, 0.717) is 24.1 Å². The van der Waals surface area contributed by atoms with Crippen LogP contribution in [0.4, 0.5) is 29.2 Å². The van der Waals surface area contributed by atoms with Crippen molar-refractivity contribution in [2.45, 2.75) is 38.2 Å². The van der Waals surface area contributed by atoms with E-state index in [4.69, 9.17) is 4.74 Å². The van der Waals surface area contributed by atoms with Gasteiger partial charge < -0.3 is 15.4 Å². The van der Waals surface area contributed by atoms with E-state index in [0.717, 1.165) is 38.1 Å². The van der Waals surface area contributed by atoms with Gasteiger partial charge in [-0.25, -0.2) is 36.5 Å². The first-order valence-electron chi connectivity index (χ1n) is 11.8. The van der Waals surface area contributed by atoms with Gasteiger partial charge in [0.2, 0.25) is 33.6 Å². The molecule has 1 aliphatic heterocycles. The molecule has 3 heterocycles. The second kappa shape index (κ2) is 11.5. The quantitative estimate of drug-likeness (QED) is 0.312. The summed E-state index contributed by atoms with van der Waals surface area (Å²) < 4.78 is 87.0. The average Bonchev–Trinajstić information content (AvgIpc) is 2.88. The summed E-state index contributed by atoms with van der Waals surface area (Å²) in [7, 11) is -4.35. The maximum absolute atomic E-state index is 14.8. The van der Waals surface area contributed by atoms with Crippen molar-refractivity contribution < 1.29 is 30.7 Å². The van der Waals surface area contributed by atoms with Crippen molar-refractivity contribution >= 4 is 21.7 Å². The number of aromatic nitrogens is 3. The van der Waals surface area contributed by atoms with Gasteiger partial charge in [0.1, 0.15) is 0 Å². The summed E-state index contributed by atoms with van der Waals surface area (Å²) in [5.74, 6) is -7.50. The minimum absolute atomic E-state index is 0.0757. The number of anilines is 2. The molecule has 204 valence electrons. The summed E-state index contributed by atoms with van der Waals surface area (Å²) in [6.45, 7) is 2.29. The van der Waals surface area contributed by atoms with E-state index in [9.17, 15) is 26.0 Å². The van der Waals surface area contributed by atoms with Crippen LogP contribution in [0.25, 0.3) is 11.3 Å². The number of benzene rings is 1. The van der Waals surface area contributed by atoms with Crippen molar-refractivity contribution in [3.63, 3.8) is 0 Å². The predicted octanol–water partition coefficient (Wildman–Crippen LogP) is 4.56. The lowest BCUT2D eigenvalue weighted by atomic mass is 10.1. The van der Waals surface area contributed by atoms with Gasteiger partial charge in [-0.15, -0.1) is 0 Å². The van der Waals surface area contributed by atoms with Gasteiger partial charge in [0.05, 0.1) is 22.7 Å². The van der Waals surface area contributed by atoms with Gasteiger partial charge in [0, 0.05) is 31.4 Å². The molecule has 38 heavy (non-hydrogen) atoms. The predicted molar refractivity (Wildman–Crippen MR) is 134 cm³/mol. The molecule has 1 aliphatic rings. The van der Waals surface area contributed by atoms with Crippen LogP contribution in [0.1, 0.15) is 26.2 Å². The van der Waals surface area contributed by atoms with Crippen molar-refractivity contribution in [2.24, 2.45) is 0 Å². The summed E-state index contributed by atoms with van der Waals surface area (Å²) in [4.78, 5) is 12.9. The Morgan fingerprint density at radius 3 is 2.68 bits per heavy atom. The highest BCUT2D eigenvalue weighted by atomic mass is 32.2. The standard InChI is InChI=1S/C24H26F4N6O3S/c1-24(27,28)9-13-38(35,36)34-18-6-7-19(21(26)20(18)25)37-22-16(5-3-11-30-22)17-8-12-31-23(33-17)32-15-4-2-10-29-14-15/h3,5-8,11-12,15,29,34H,2,4,9-10,13-14H2,1H3,(H,31,32,33)/t15-/m0/s1. The molecule has 0 saturated carbocycles. The van der Waals surface area contributed by atoms with Crippen LogP contribution in [0.3, 0.4) is 0 Å². The third-order valence-electron chi connectivity index (χ3n) is 5.66. The molecule has 0 radical (unpaired) electrons. The van der Waals surface area contributed by atoms with Gasteiger partial charge in [0.25, 0.3) is 0 Å². The van der Waals surface area contributed by atoms with Crippen LogP contribution in [0.15, 0.2) is 42.7 Å². The molecule has 1 saturated heterocycles. The number of nitrogens with zero attached hydrogens (tertiary/aromatic N) is 3. The summed E-state index contributed by atoms with van der Waals surface area (Å²) in [5, 5.41) is 6.56. The monoisotopic (exact) mass is 554 g/mol. The van der Waals surface area contributed by atoms with Crippen LogP contribution in [0.2, 0.25) is 0 Å². The number of pyridine rings is 1. The lowest BCUT2D eigenvalue weighted by Crippen LogP contribution is -2.38. The Labute approximate surface area is 217 Å². The van der Waals surface area contributed by atoms with E-state index in [2.05, 4.69) is 25.6 Å². The number of nitrogens with one attached hydrogen (secondary N) is 3. The molecule has 9 nitrogen and oxygen atoms in total. The number of hydrogen-bond donors (Lipinski definition) is 3. The Morgan fingerprint density at radius 2 is 1.95 bits per heavy atom. The van der Waals surface area contributed by atoms with Crippen LogP contribution in [0, 0.1) is 11.6 Å². The van der Waals surface area contributed by atoms with Crippen LogP contribution in [-0.4, -0.2) is 54.2 Å². The molecule has 0 spiro atoms. The van der Waals surface area contributed by atoms with E-state index >= 15 is 0 Å². The third-order valence-corrected chi connectivity index (χ3v) is 6.93. The van der Waals surface area contributed by atoms with Crippen molar-refractivity contribution in [3.05, 3.63) is 54.4 Å². The number of hydrogen-bond acceptors (Lipinski definition) is 8. The minimum Gasteiger partial charge on any atom is -0.435 e. The smallest absolute Gasteiger partial charge is 0.246 e. The number of sulfonamides is 1. The highest BCUT2D eigenvalue weighted by Crippen LogP contribution is 2.34. The van der Waals surface area contributed by atoms with Gasteiger partial charge in [0.15, 0.2) is 11.6 Å². The second-order valence-corrected chi connectivity index (χ2v) is 10.7. The van der Waals surface area contributed by atoms with E-state index in [1.165, 1.54) is 6.20 Å². The zero-order chi connectivity index (χ0) is 27.3. The summed E-state index contributed by atoms with van der Waals surface area (Å²) in [5.41, 5.74) is 0.0661. The highest BCUT2D eigenvalue weighted by molar-refractivity contribution is 7.92. The molecular formula is C24H26F4N6O3S. The van der Waals surface area contributed by atoms with Gasteiger partial charge in [-0.1, -0.05) is 0 Å². The van der Waals surface area contributed by atoms with Crippen molar-refractivity contribution in [1.82, 2.24) is 20.3 Å². The first-order chi connectivity index (χ1) is 18.0.